The van der Waals surface area contributed by atoms with Gasteiger partial charge in [0.1, 0.15) is 5.56 Å². The summed E-state index contributed by atoms with van der Waals surface area (Å²) in [6, 6.07) is 0.810. The van der Waals surface area contributed by atoms with Crippen molar-refractivity contribution >= 4 is 11.7 Å². The van der Waals surface area contributed by atoms with Gasteiger partial charge in [-0.25, -0.2) is 18.6 Å². The number of pyridine rings is 1. The predicted molar refractivity (Wildman–Crippen MR) is 51.8 cm³/mol. The zero-order valence-corrected chi connectivity index (χ0v) is 8.72. The highest BCUT2D eigenvalue weighted by Crippen LogP contribution is 2.31. The molecule has 0 aliphatic rings. The number of rotatable bonds is 4. The van der Waals surface area contributed by atoms with Gasteiger partial charge in [0.2, 0.25) is 0 Å². The second kappa shape index (κ2) is 5.28. The number of esters is 1. The van der Waals surface area contributed by atoms with E-state index in [2.05, 4.69) is 9.72 Å². The molecular weight excluding hydrogens is 238 g/mol. The first-order valence-corrected chi connectivity index (χ1v) is 4.57. The second-order valence-electron chi connectivity index (χ2n) is 2.87. The molecule has 1 rings (SSSR count). The van der Waals surface area contributed by atoms with Gasteiger partial charge in [0.15, 0.2) is 5.69 Å². The standard InChI is InChI=1S/C9H8F2N2O4/c1-2-17-9(14)7-6(8(10)11)5(13(15)16)3-4-12-7/h3-4,8H,2H2,1H3. The average Bonchev–Trinajstić information content (AvgIpc) is 2.28. The number of nitro groups is 1. The van der Waals surface area contributed by atoms with Gasteiger partial charge < -0.3 is 4.74 Å². The summed E-state index contributed by atoms with van der Waals surface area (Å²) in [6.07, 6.45) is -2.26. The number of aromatic nitrogens is 1. The van der Waals surface area contributed by atoms with Crippen LogP contribution in [-0.4, -0.2) is 22.5 Å². The van der Waals surface area contributed by atoms with Crippen molar-refractivity contribution in [3.8, 4) is 0 Å². The zero-order valence-electron chi connectivity index (χ0n) is 8.72. The molecule has 1 aromatic rings. The van der Waals surface area contributed by atoms with Crippen molar-refractivity contribution < 1.29 is 23.2 Å². The summed E-state index contributed by atoms with van der Waals surface area (Å²) < 4.78 is 29.9. The number of hydrogen-bond donors (Lipinski definition) is 0. The van der Waals surface area contributed by atoms with Crippen LogP contribution >= 0.6 is 0 Å². The molecule has 0 saturated heterocycles. The Kier molecular flexibility index (Phi) is 4.02. The number of carbonyl (C=O) groups excluding carboxylic acids is 1. The molecule has 0 aromatic carbocycles. The van der Waals surface area contributed by atoms with E-state index in [4.69, 9.17) is 0 Å². The fourth-order valence-corrected chi connectivity index (χ4v) is 1.20. The smallest absolute Gasteiger partial charge is 0.357 e. The summed E-state index contributed by atoms with van der Waals surface area (Å²) in [5, 5.41) is 10.6. The topological polar surface area (TPSA) is 82.3 Å². The molecule has 0 N–H and O–H groups in total. The van der Waals surface area contributed by atoms with Crippen LogP contribution in [0, 0.1) is 10.1 Å². The molecule has 0 bridgehead atoms. The largest absolute Gasteiger partial charge is 0.461 e. The number of nitrogens with zero attached hydrogens (tertiary/aromatic N) is 2. The summed E-state index contributed by atoms with van der Waals surface area (Å²) >= 11 is 0. The molecule has 92 valence electrons. The van der Waals surface area contributed by atoms with Crippen LogP contribution in [0.5, 0.6) is 0 Å². The Morgan fingerprint density at radius 2 is 2.29 bits per heavy atom. The van der Waals surface area contributed by atoms with Crippen LogP contribution in [0.1, 0.15) is 29.4 Å². The van der Waals surface area contributed by atoms with Gasteiger partial charge in [-0.2, -0.15) is 0 Å². The van der Waals surface area contributed by atoms with Crippen LogP contribution in [0.15, 0.2) is 12.3 Å². The summed E-state index contributed by atoms with van der Waals surface area (Å²) in [5.74, 6) is -1.11. The highest BCUT2D eigenvalue weighted by Gasteiger charge is 2.30. The maximum Gasteiger partial charge on any atom is 0.357 e. The molecule has 8 heteroatoms. The molecule has 0 atom stereocenters. The average molecular weight is 246 g/mol. The number of alkyl halides is 2. The van der Waals surface area contributed by atoms with Gasteiger partial charge in [-0.3, -0.25) is 10.1 Å². The molecule has 0 unspecified atom stereocenters. The Balaban J connectivity index is 3.35. The fourth-order valence-electron chi connectivity index (χ4n) is 1.20. The molecule has 0 aliphatic carbocycles. The van der Waals surface area contributed by atoms with Crippen molar-refractivity contribution in [3.63, 3.8) is 0 Å². The van der Waals surface area contributed by atoms with Crippen molar-refractivity contribution in [2.75, 3.05) is 6.61 Å². The fraction of sp³-hybridized carbons (Fsp3) is 0.333. The van der Waals surface area contributed by atoms with Gasteiger partial charge in [0.05, 0.1) is 11.5 Å². The van der Waals surface area contributed by atoms with Gasteiger partial charge in [-0.15, -0.1) is 0 Å². The van der Waals surface area contributed by atoms with E-state index in [9.17, 15) is 23.7 Å². The quantitative estimate of drug-likeness (QED) is 0.461. The van der Waals surface area contributed by atoms with Gasteiger partial charge >= 0.3 is 5.97 Å². The van der Waals surface area contributed by atoms with Crippen LogP contribution in [0.25, 0.3) is 0 Å². The van der Waals surface area contributed by atoms with Crippen LogP contribution < -0.4 is 0 Å². The number of halogens is 2. The SMILES string of the molecule is CCOC(=O)c1nccc([N+](=O)[O-])c1C(F)F. The Bertz CT molecular complexity index is 451. The lowest BCUT2D eigenvalue weighted by molar-refractivity contribution is -0.386. The van der Waals surface area contributed by atoms with Gasteiger partial charge in [0.25, 0.3) is 12.1 Å². The highest BCUT2D eigenvalue weighted by molar-refractivity contribution is 5.90. The van der Waals surface area contributed by atoms with E-state index in [1.807, 2.05) is 0 Å². The lowest BCUT2D eigenvalue weighted by atomic mass is 10.1. The molecule has 0 aliphatic heterocycles. The monoisotopic (exact) mass is 246 g/mol. The molecule has 0 radical (unpaired) electrons. The molecular formula is C9H8F2N2O4. The maximum absolute atomic E-state index is 12.7. The van der Waals surface area contributed by atoms with E-state index in [1.54, 1.807) is 0 Å². The third kappa shape index (κ3) is 2.71. The normalized spacial score (nSPS) is 10.4. The number of ether oxygens (including phenoxy) is 1. The Morgan fingerprint density at radius 1 is 1.65 bits per heavy atom. The highest BCUT2D eigenvalue weighted by atomic mass is 19.3. The van der Waals surface area contributed by atoms with E-state index < -0.39 is 34.3 Å². The van der Waals surface area contributed by atoms with Crippen molar-refractivity contribution in [1.82, 2.24) is 4.98 Å². The molecule has 0 saturated carbocycles. The van der Waals surface area contributed by atoms with Crippen molar-refractivity contribution in [1.29, 1.82) is 0 Å². The minimum Gasteiger partial charge on any atom is -0.461 e. The van der Waals surface area contributed by atoms with Crippen molar-refractivity contribution in [2.24, 2.45) is 0 Å². The Hall–Kier alpha value is -2.12. The Labute approximate surface area is 94.4 Å². The summed E-state index contributed by atoms with van der Waals surface area (Å²) in [6.45, 7) is 1.45. The molecule has 0 spiro atoms. The molecule has 1 heterocycles. The third-order valence-corrected chi connectivity index (χ3v) is 1.85. The zero-order chi connectivity index (χ0) is 13.0. The number of carbonyl (C=O) groups is 1. The van der Waals surface area contributed by atoms with E-state index >= 15 is 0 Å². The van der Waals surface area contributed by atoms with E-state index in [-0.39, 0.29) is 6.61 Å². The molecule has 0 amide bonds. The minimum atomic E-state index is -3.18. The predicted octanol–water partition coefficient (Wildman–Crippen LogP) is 2.10. The molecule has 17 heavy (non-hydrogen) atoms. The Morgan fingerprint density at radius 3 is 2.76 bits per heavy atom. The van der Waals surface area contributed by atoms with Crippen LogP contribution in [0.4, 0.5) is 14.5 Å². The lowest BCUT2D eigenvalue weighted by Crippen LogP contribution is -2.12. The molecule has 6 nitrogen and oxygen atoms in total. The maximum atomic E-state index is 12.7. The van der Waals surface area contributed by atoms with Crippen molar-refractivity contribution in [3.05, 3.63) is 33.6 Å². The van der Waals surface area contributed by atoms with E-state index in [1.165, 1.54) is 6.92 Å². The van der Waals surface area contributed by atoms with Gasteiger partial charge in [-0.1, -0.05) is 0 Å². The summed E-state index contributed by atoms with van der Waals surface area (Å²) in [4.78, 5) is 24.3. The minimum absolute atomic E-state index is 0.0358. The van der Waals surface area contributed by atoms with Gasteiger partial charge in [0, 0.05) is 12.3 Å². The van der Waals surface area contributed by atoms with Crippen LogP contribution in [-0.2, 0) is 4.74 Å². The first-order valence-electron chi connectivity index (χ1n) is 4.57. The van der Waals surface area contributed by atoms with Crippen LogP contribution in [0.2, 0.25) is 0 Å². The van der Waals surface area contributed by atoms with Crippen LogP contribution in [0.3, 0.4) is 0 Å². The van der Waals surface area contributed by atoms with E-state index in [0.29, 0.717) is 0 Å². The summed E-state index contributed by atoms with van der Waals surface area (Å²) in [7, 11) is 0. The van der Waals surface area contributed by atoms with Crippen molar-refractivity contribution in [2.45, 2.75) is 13.3 Å². The molecule has 1 aromatic heterocycles. The van der Waals surface area contributed by atoms with E-state index in [0.717, 1.165) is 12.3 Å². The molecule has 0 fully saturated rings. The number of hydrogen-bond acceptors (Lipinski definition) is 5. The second-order valence-corrected chi connectivity index (χ2v) is 2.87. The van der Waals surface area contributed by atoms with Gasteiger partial charge in [-0.05, 0) is 6.92 Å². The third-order valence-electron chi connectivity index (χ3n) is 1.85. The summed E-state index contributed by atoms with van der Waals surface area (Å²) in [5.41, 5.74) is -2.59. The first kappa shape index (κ1) is 12.9. The first-order chi connectivity index (χ1) is 7.99. The lowest BCUT2D eigenvalue weighted by Gasteiger charge is -2.07.